The van der Waals surface area contributed by atoms with Gasteiger partial charge in [-0.25, -0.2) is 23.6 Å². The second-order valence-corrected chi connectivity index (χ2v) is 10.4. The number of hydrogen-bond acceptors (Lipinski definition) is 6. The first kappa shape index (κ1) is 24.3. The van der Waals surface area contributed by atoms with E-state index in [0.717, 1.165) is 29.1 Å². The highest BCUT2D eigenvalue weighted by Gasteiger charge is 2.29. The number of thioether (sulfide) groups is 1. The zero-order valence-electron chi connectivity index (χ0n) is 18.0. The van der Waals surface area contributed by atoms with E-state index < -0.39 is 10.2 Å². The molecule has 168 valence electrons. The van der Waals surface area contributed by atoms with E-state index in [1.165, 1.54) is 16.3 Å². The van der Waals surface area contributed by atoms with Crippen LogP contribution < -0.4 is 28.4 Å². The molecule has 0 amide bonds. The zero-order chi connectivity index (χ0) is 23.4. The third-order valence-corrected chi connectivity index (χ3v) is 5.93. The standard InChI is InChI=1S/C24H23NOS.ClHO4/c1-17(21-15-13-18-8-4-6-10-22(18)26-21)12-14-19-16-24(2,3)27-23-11-7-5-9-20(23)25-19;2-1(3,4)5/h4-15H,16H2,1-3H3;(H,2,3,4,5)/b14-12+,21-17+;. The molecular formula is C24H24ClNO5S. The number of benzene rings is 2. The van der Waals surface area contributed by atoms with Gasteiger partial charge in [0.05, 0.1) is 4.90 Å². The maximum absolute atomic E-state index is 8.49. The van der Waals surface area contributed by atoms with Crippen LogP contribution in [0.1, 0.15) is 32.8 Å². The monoisotopic (exact) mass is 473 g/mol. The lowest BCUT2D eigenvalue weighted by Gasteiger charge is -2.19. The van der Waals surface area contributed by atoms with E-state index in [9.17, 15) is 0 Å². The molecule has 2 aromatic carbocycles. The van der Waals surface area contributed by atoms with Crippen LogP contribution in [0.25, 0.3) is 6.08 Å². The van der Waals surface area contributed by atoms with Crippen molar-refractivity contribution in [2.75, 3.05) is 0 Å². The molecule has 0 aliphatic carbocycles. The topological polar surface area (TPSA) is 115 Å². The van der Waals surface area contributed by atoms with Crippen LogP contribution in [0.3, 0.4) is 0 Å². The summed E-state index contributed by atoms with van der Waals surface area (Å²) in [6, 6.07) is 16.6. The summed E-state index contributed by atoms with van der Waals surface area (Å²) >= 11 is 1.93. The molecule has 1 N–H and O–H groups in total. The zero-order valence-corrected chi connectivity index (χ0v) is 19.5. The summed E-state index contributed by atoms with van der Waals surface area (Å²) in [4.78, 5) is 4.92. The second-order valence-electron chi connectivity index (χ2n) is 7.92. The Bertz CT molecular complexity index is 1090. The number of ether oxygens (including phenoxy) is 1. The lowest BCUT2D eigenvalue weighted by atomic mass is 10.0. The summed E-state index contributed by atoms with van der Waals surface area (Å²) in [7, 11) is -4.94. The van der Waals surface area contributed by atoms with E-state index in [-0.39, 0.29) is 4.75 Å². The van der Waals surface area contributed by atoms with Crippen LogP contribution in [-0.2, 0) is 0 Å². The van der Waals surface area contributed by atoms with Crippen LogP contribution in [0.4, 0.5) is 5.69 Å². The number of halogens is 1. The van der Waals surface area contributed by atoms with Gasteiger partial charge in [-0.3, -0.25) is 0 Å². The van der Waals surface area contributed by atoms with Gasteiger partial charge in [-0.1, -0.05) is 30.3 Å². The molecule has 0 aromatic heterocycles. The van der Waals surface area contributed by atoms with Gasteiger partial charge in [0, 0.05) is 28.9 Å². The fourth-order valence-corrected chi connectivity index (χ4v) is 4.52. The number of fused-ring (bicyclic) bond motifs is 2. The SMILES string of the molecule is CC(/C=C/C1=[NH+]c2ccccc2SC(C)(C)C1)=C1/C=Cc2ccccc2O1.[O-][Cl+3]([O-])([O-])[O-]. The molecule has 0 atom stereocenters. The van der Waals surface area contributed by atoms with Crippen molar-refractivity contribution in [1.29, 1.82) is 0 Å². The second kappa shape index (κ2) is 10.0. The van der Waals surface area contributed by atoms with E-state index >= 15 is 0 Å². The Morgan fingerprint density at radius 1 is 1.03 bits per heavy atom. The van der Waals surface area contributed by atoms with Crippen molar-refractivity contribution >= 4 is 29.2 Å². The Balaban J connectivity index is 0.000000523. The molecule has 6 nitrogen and oxygen atoms in total. The van der Waals surface area contributed by atoms with Crippen LogP contribution in [0.15, 0.2) is 83.0 Å². The van der Waals surface area contributed by atoms with Crippen molar-refractivity contribution in [2.24, 2.45) is 0 Å². The summed E-state index contributed by atoms with van der Waals surface area (Å²) < 4.78 is 40.2. The molecule has 0 spiro atoms. The average molecular weight is 474 g/mol. The first-order valence-corrected chi connectivity index (χ1v) is 11.9. The molecule has 8 heteroatoms. The summed E-state index contributed by atoms with van der Waals surface area (Å²) in [5.74, 6) is 1.81. The first-order valence-electron chi connectivity index (χ1n) is 9.87. The Hall–Kier alpha value is -2.39. The van der Waals surface area contributed by atoms with Gasteiger partial charge in [0.25, 0.3) is 0 Å². The molecule has 2 aliphatic rings. The minimum Gasteiger partial charge on any atom is -0.456 e. The number of allylic oxidation sites excluding steroid dienone is 4. The largest absolute Gasteiger partial charge is 0.456 e. The van der Waals surface area contributed by atoms with Crippen LogP contribution in [0.2, 0.25) is 0 Å². The molecule has 2 heterocycles. The summed E-state index contributed by atoms with van der Waals surface area (Å²) in [6.07, 6.45) is 9.46. The van der Waals surface area contributed by atoms with Crippen molar-refractivity contribution in [3.05, 3.63) is 83.7 Å². The highest BCUT2D eigenvalue weighted by atomic mass is 35.7. The van der Waals surface area contributed by atoms with Crippen molar-refractivity contribution < 1.29 is 38.6 Å². The van der Waals surface area contributed by atoms with Gasteiger partial charge in [-0.2, -0.15) is 0 Å². The maximum Gasteiger partial charge on any atom is 0.217 e. The van der Waals surface area contributed by atoms with Crippen molar-refractivity contribution in [3.8, 4) is 5.75 Å². The van der Waals surface area contributed by atoms with Gasteiger partial charge in [0.1, 0.15) is 11.5 Å². The van der Waals surface area contributed by atoms with Crippen molar-refractivity contribution in [3.63, 3.8) is 0 Å². The average Bonchev–Trinajstić information content (AvgIpc) is 2.84. The number of rotatable bonds is 2. The van der Waals surface area contributed by atoms with E-state index in [4.69, 9.17) is 23.4 Å². The van der Waals surface area contributed by atoms with Crippen molar-refractivity contribution in [1.82, 2.24) is 0 Å². The van der Waals surface area contributed by atoms with E-state index in [2.05, 4.69) is 74.3 Å². The third kappa shape index (κ3) is 7.34. The maximum atomic E-state index is 8.49. The first-order chi connectivity index (χ1) is 15.0. The third-order valence-electron chi connectivity index (χ3n) is 4.66. The number of hydrogen-bond donors (Lipinski definition) is 1. The van der Waals surface area contributed by atoms with Crippen LogP contribution in [0, 0.1) is 10.2 Å². The van der Waals surface area contributed by atoms with Gasteiger partial charge in [0.2, 0.25) is 5.69 Å². The predicted octanol–water partition coefficient (Wildman–Crippen LogP) is 0.294. The highest BCUT2D eigenvalue weighted by Crippen LogP contribution is 2.38. The molecule has 32 heavy (non-hydrogen) atoms. The molecule has 0 saturated carbocycles. The van der Waals surface area contributed by atoms with Crippen molar-refractivity contribution in [2.45, 2.75) is 36.8 Å². The Morgan fingerprint density at radius 3 is 2.44 bits per heavy atom. The normalized spacial score (nSPS) is 18.4. The molecular weight excluding hydrogens is 450 g/mol. The van der Waals surface area contributed by atoms with E-state index in [0.29, 0.717) is 0 Å². The Morgan fingerprint density at radius 2 is 1.69 bits per heavy atom. The molecule has 0 radical (unpaired) electrons. The molecule has 0 bridgehead atoms. The van der Waals surface area contributed by atoms with Gasteiger partial charge in [-0.05, 0) is 56.7 Å². The highest BCUT2D eigenvalue weighted by molar-refractivity contribution is 8.00. The van der Waals surface area contributed by atoms with Crippen LogP contribution >= 0.6 is 11.8 Å². The molecule has 0 fully saturated rings. The summed E-state index contributed by atoms with van der Waals surface area (Å²) in [6.45, 7) is 6.68. The lowest BCUT2D eigenvalue weighted by Crippen LogP contribution is -2.68. The fourth-order valence-electron chi connectivity index (χ4n) is 3.32. The molecule has 2 aliphatic heterocycles. The molecule has 4 rings (SSSR count). The van der Waals surface area contributed by atoms with Crippen LogP contribution in [0.5, 0.6) is 5.75 Å². The predicted molar refractivity (Wildman–Crippen MR) is 115 cm³/mol. The number of para-hydroxylation sites is 2. The minimum atomic E-state index is -4.94. The molecule has 2 aromatic rings. The molecule has 0 saturated heterocycles. The quantitative estimate of drug-likeness (QED) is 0.670. The summed E-state index contributed by atoms with van der Waals surface area (Å²) in [5, 5.41) is 0. The number of nitrogens with one attached hydrogen (secondary N) is 1. The van der Waals surface area contributed by atoms with Crippen LogP contribution in [-0.4, -0.2) is 10.5 Å². The smallest absolute Gasteiger partial charge is 0.217 e. The summed E-state index contributed by atoms with van der Waals surface area (Å²) in [5.41, 5.74) is 4.63. The van der Waals surface area contributed by atoms with Gasteiger partial charge >= 0.3 is 0 Å². The lowest BCUT2D eigenvalue weighted by molar-refractivity contribution is -2.00. The Labute approximate surface area is 194 Å². The van der Waals surface area contributed by atoms with E-state index in [1.54, 1.807) is 0 Å². The molecule has 0 unspecified atom stereocenters. The van der Waals surface area contributed by atoms with Gasteiger partial charge in [-0.15, -0.1) is 22.0 Å². The minimum absolute atomic E-state index is 0.139. The van der Waals surface area contributed by atoms with E-state index in [1.807, 2.05) is 36.0 Å². The fraction of sp³-hybridized carbons (Fsp3) is 0.208. The van der Waals surface area contributed by atoms with Gasteiger partial charge < -0.3 is 4.74 Å². The Kier molecular flexibility index (Phi) is 7.61. The van der Waals surface area contributed by atoms with Gasteiger partial charge in [0.15, 0.2) is 5.71 Å².